The summed E-state index contributed by atoms with van der Waals surface area (Å²) in [5.41, 5.74) is 0. The van der Waals surface area contributed by atoms with Crippen molar-refractivity contribution in [3.05, 3.63) is 0 Å². The predicted octanol–water partition coefficient (Wildman–Crippen LogP) is 0.944. The van der Waals surface area contributed by atoms with Crippen LogP contribution in [0.3, 0.4) is 0 Å². The number of ketones is 1. The number of carboxylic acids is 1. The van der Waals surface area contributed by atoms with Crippen LogP contribution < -0.4 is 5.32 Å². The molecule has 0 rings (SSSR count). The van der Waals surface area contributed by atoms with Crippen molar-refractivity contribution in [1.82, 2.24) is 5.32 Å². The number of halogens is 1. The van der Waals surface area contributed by atoms with E-state index in [4.69, 9.17) is 16.7 Å². The first kappa shape index (κ1) is 14.9. The van der Waals surface area contributed by atoms with E-state index in [0.29, 0.717) is 12.3 Å². The predicted molar refractivity (Wildman–Crippen MR) is 59.4 cm³/mol. The summed E-state index contributed by atoms with van der Waals surface area (Å²) in [6.07, 6.45) is 0.759. The van der Waals surface area contributed by atoms with Gasteiger partial charge in [0.25, 0.3) is 0 Å². The molecule has 1 atom stereocenters. The summed E-state index contributed by atoms with van der Waals surface area (Å²) in [5.74, 6) is -1.43. The van der Waals surface area contributed by atoms with E-state index >= 15 is 0 Å². The van der Waals surface area contributed by atoms with E-state index in [2.05, 4.69) is 5.32 Å². The van der Waals surface area contributed by atoms with Crippen LogP contribution in [0.5, 0.6) is 0 Å². The molecule has 6 heteroatoms. The molecule has 0 aliphatic carbocycles. The van der Waals surface area contributed by atoms with Gasteiger partial charge in [-0.25, -0.2) is 4.79 Å². The van der Waals surface area contributed by atoms with E-state index in [-0.39, 0.29) is 25.0 Å². The van der Waals surface area contributed by atoms with Crippen molar-refractivity contribution in [3.8, 4) is 0 Å². The average molecular weight is 250 g/mol. The van der Waals surface area contributed by atoms with Gasteiger partial charge in [0.15, 0.2) is 0 Å². The number of alkyl halides is 1. The topological polar surface area (TPSA) is 83.5 Å². The van der Waals surface area contributed by atoms with Crippen LogP contribution in [0.2, 0.25) is 0 Å². The number of rotatable bonds is 8. The maximum atomic E-state index is 11.2. The Labute approximate surface area is 99.2 Å². The summed E-state index contributed by atoms with van der Waals surface area (Å²) >= 11 is 5.40. The highest BCUT2D eigenvalue weighted by molar-refractivity contribution is 6.17. The van der Waals surface area contributed by atoms with E-state index in [1.807, 2.05) is 0 Å². The van der Waals surface area contributed by atoms with Crippen LogP contribution in [-0.2, 0) is 14.4 Å². The molecule has 0 aromatic heterocycles. The van der Waals surface area contributed by atoms with Crippen LogP contribution in [0.15, 0.2) is 0 Å². The van der Waals surface area contributed by atoms with E-state index < -0.39 is 17.9 Å². The van der Waals surface area contributed by atoms with Crippen molar-refractivity contribution in [2.24, 2.45) is 0 Å². The van der Waals surface area contributed by atoms with Crippen LogP contribution in [0, 0.1) is 0 Å². The SMILES string of the molecule is CCC(=O)CC(NC(=O)CCCCl)C(=O)O. The Bertz CT molecular complexity index is 268. The van der Waals surface area contributed by atoms with Crippen LogP contribution in [0.4, 0.5) is 0 Å². The van der Waals surface area contributed by atoms with E-state index in [0.717, 1.165) is 0 Å². The molecule has 0 aliphatic rings. The van der Waals surface area contributed by atoms with Gasteiger partial charge >= 0.3 is 5.97 Å². The highest BCUT2D eigenvalue weighted by atomic mass is 35.5. The van der Waals surface area contributed by atoms with Gasteiger partial charge in [-0.05, 0) is 6.42 Å². The second kappa shape index (κ2) is 8.10. The number of carboxylic acid groups (broad SMARTS) is 1. The van der Waals surface area contributed by atoms with Gasteiger partial charge < -0.3 is 10.4 Å². The summed E-state index contributed by atoms with van der Waals surface area (Å²) in [6.45, 7) is 1.65. The van der Waals surface area contributed by atoms with E-state index in [9.17, 15) is 14.4 Å². The summed E-state index contributed by atoms with van der Waals surface area (Å²) in [5, 5.41) is 11.1. The van der Waals surface area contributed by atoms with Gasteiger partial charge in [0.1, 0.15) is 11.8 Å². The first-order chi connectivity index (χ1) is 7.51. The van der Waals surface area contributed by atoms with Crippen molar-refractivity contribution < 1.29 is 19.5 Å². The Morgan fingerprint density at radius 2 is 2.00 bits per heavy atom. The minimum Gasteiger partial charge on any atom is -0.480 e. The van der Waals surface area contributed by atoms with E-state index in [1.54, 1.807) is 6.92 Å². The second-order valence-corrected chi connectivity index (χ2v) is 3.73. The largest absolute Gasteiger partial charge is 0.480 e. The molecular formula is C10H16ClNO4. The zero-order valence-corrected chi connectivity index (χ0v) is 9.92. The molecule has 2 N–H and O–H groups in total. The third kappa shape index (κ3) is 6.40. The quantitative estimate of drug-likeness (QED) is 0.627. The van der Waals surface area contributed by atoms with Gasteiger partial charge in [-0.15, -0.1) is 11.6 Å². The Balaban J connectivity index is 4.17. The highest BCUT2D eigenvalue weighted by Gasteiger charge is 2.21. The summed E-state index contributed by atoms with van der Waals surface area (Å²) in [7, 11) is 0. The molecule has 0 saturated carbocycles. The van der Waals surface area contributed by atoms with Gasteiger partial charge in [0.2, 0.25) is 5.91 Å². The monoisotopic (exact) mass is 249 g/mol. The van der Waals surface area contributed by atoms with Gasteiger partial charge in [-0.3, -0.25) is 9.59 Å². The number of Topliss-reactive ketones (excluding diaryl/α,β-unsaturated/α-hetero) is 1. The van der Waals surface area contributed by atoms with Crippen molar-refractivity contribution in [2.75, 3.05) is 5.88 Å². The van der Waals surface area contributed by atoms with Crippen molar-refractivity contribution in [2.45, 2.75) is 38.6 Å². The first-order valence-corrected chi connectivity index (χ1v) is 5.64. The minimum atomic E-state index is -1.19. The van der Waals surface area contributed by atoms with Crippen molar-refractivity contribution in [3.63, 3.8) is 0 Å². The number of aliphatic carboxylic acids is 1. The fourth-order valence-electron chi connectivity index (χ4n) is 1.07. The smallest absolute Gasteiger partial charge is 0.326 e. The zero-order chi connectivity index (χ0) is 12.6. The molecule has 0 fully saturated rings. The molecule has 0 radical (unpaired) electrons. The molecule has 0 bridgehead atoms. The molecule has 5 nitrogen and oxygen atoms in total. The standard InChI is InChI=1S/C10H16ClNO4/c1-2-7(13)6-8(10(15)16)12-9(14)4-3-5-11/h8H,2-6H2,1H3,(H,12,14)(H,15,16). The van der Waals surface area contributed by atoms with Crippen molar-refractivity contribution in [1.29, 1.82) is 0 Å². The molecule has 0 saturated heterocycles. The van der Waals surface area contributed by atoms with Gasteiger partial charge in [-0.1, -0.05) is 6.92 Å². The summed E-state index contributed by atoms with van der Waals surface area (Å²) < 4.78 is 0. The Morgan fingerprint density at radius 1 is 1.38 bits per heavy atom. The van der Waals surface area contributed by atoms with E-state index in [1.165, 1.54) is 0 Å². The molecule has 1 unspecified atom stereocenters. The maximum Gasteiger partial charge on any atom is 0.326 e. The molecule has 0 aromatic carbocycles. The summed E-state index contributed by atoms with van der Waals surface area (Å²) in [6, 6.07) is -1.13. The number of carbonyl (C=O) groups excluding carboxylic acids is 2. The summed E-state index contributed by atoms with van der Waals surface area (Å²) in [4.78, 5) is 33.1. The normalized spacial score (nSPS) is 11.9. The fourth-order valence-corrected chi connectivity index (χ4v) is 1.20. The number of hydrogen-bond acceptors (Lipinski definition) is 3. The number of hydrogen-bond donors (Lipinski definition) is 2. The number of carbonyl (C=O) groups is 3. The van der Waals surface area contributed by atoms with Crippen LogP contribution in [-0.4, -0.2) is 34.7 Å². The maximum absolute atomic E-state index is 11.2. The van der Waals surface area contributed by atoms with Crippen LogP contribution >= 0.6 is 11.6 Å². The van der Waals surface area contributed by atoms with Gasteiger partial charge in [0, 0.05) is 25.1 Å². The highest BCUT2D eigenvalue weighted by Crippen LogP contribution is 1.99. The Hall–Kier alpha value is -1.10. The Kier molecular flexibility index (Phi) is 7.54. The Morgan fingerprint density at radius 3 is 2.44 bits per heavy atom. The molecule has 16 heavy (non-hydrogen) atoms. The van der Waals surface area contributed by atoms with Gasteiger partial charge in [-0.2, -0.15) is 0 Å². The number of amides is 1. The molecule has 0 aromatic rings. The fraction of sp³-hybridized carbons (Fsp3) is 0.700. The molecule has 0 aliphatic heterocycles. The lowest BCUT2D eigenvalue weighted by Crippen LogP contribution is -2.42. The zero-order valence-electron chi connectivity index (χ0n) is 9.16. The average Bonchev–Trinajstić information content (AvgIpc) is 2.24. The lowest BCUT2D eigenvalue weighted by Gasteiger charge is -2.13. The second-order valence-electron chi connectivity index (χ2n) is 3.35. The minimum absolute atomic E-state index is 0.168. The van der Waals surface area contributed by atoms with Gasteiger partial charge in [0.05, 0.1) is 0 Å². The number of nitrogens with one attached hydrogen (secondary N) is 1. The van der Waals surface area contributed by atoms with Crippen molar-refractivity contribution >= 4 is 29.3 Å². The lowest BCUT2D eigenvalue weighted by molar-refractivity contribution is -0.143. The molecule has 0 spiro atoms. The molecule has 0 heterocycles. The molecule has 92 valence electrons. The third-order valence-electron chi connectivity index (χ3n) is 2.00. The van der Waals surface area contributed by atoms with Crippen LogP contribution in [0.25, 0.3) is 0 Å². The molecule has 1 amide bonds. The first-order valence-electron chi connectivity index (χ1n) is 5.11. The third-order valence-corrected chi connectivity index (χ3v) is 2.26. The lowest BCUT2D eigenvalue weighted by atomic mass is 10.1. The molecular weight excluding hydrogens is 234 g/mol. The van der Waals surface area contributed by atoms with Crippen LogP contribution in [0.1, 0.15) is 32.6 Å².